The molecule has 7 heteroatoms. The van der Waals surface area contributed by atoms with Gasteiger partial charge >= 0.3 is 5.69 Å². The van der Waals surface area contributed by atoms with Crippen molar-refractivity contribution in [1.29, 1.82) is 0 Å². The maximum atomic E-state index is 11.1. The molecule has 1 aromatic rings. The minimum atomic E-state index is -0.391. The number of nitro groups is 1. The predicted molar refractivity (Wildman–Crippen MR) is 88.9 cm³/mol. The Kier molecular flexibility index (Phi) is 7.58. The van der Waals surface area contributed by atoms with Gasteiger partial charge in [0.2, 0.25) is 0 Å². The fourth-order valence-electron chi connectivity index (χ4n) is 2.84. The van der Waals surface area contributed by atoms with Gasteiger partial charge in [0.15, 0.2) is 5.75 Å². The molecule has 1 aliphatic heterocycles. The van der Waals surface area contributed by atoms with E-state index in [1.54, 1.807) is 12.1 Å². The number of nitro benzene ring substituents is 1. The van der Waals surface area contributed by atoms with E-state index in [4.69, 9.17) is 4.74 Å². The summed E-state index contributed by atoms with van der Waals surface area (Å²) in [5.74, 6) is 0.310. The molecule has 124 valence electrons. The van der Waals surface area contributed by atoms with Crippen LogP contribution in [0.25, 0.3) is 0 Å². The van der Waals surface area contributed by atoms with Crippen molar-refractivity contribution >= 4 is 18.1 Å². The maximum absolute atomic E-state index is 11.1. The van der Waals surface area contributed by atoms with Crippen molar-refractivity contribution in [2.24, 2.45) is 0 Å². The number of ether oxygens (including phenoxy) is 1. The Morgan fingerprint density at radius 2 is 2.18 bits per heavy atom. The summed E-state index contributed by atoms with van der Waals surface area (Å²) in [4.78, 5) is 13.0. The third kappa shape index (κ3) is 4.83. The zero-order valence-corrected chi connectivity index (χ0v) is 13.9. The first kappa shape index (κ1) is 18.7. The number of nitrogens with one attached hydrogen (secondary N) is 1. The second-order valence-electron chi connectivity index (χ2n) is 5.51. The molecule has 1 unspecified atom stereocenters. The molecular formula is C15H24ClN3O3. The van der Waals surface area contributed by atoms with Crippen LogP contribution in [0.4, 0.5) is 5.69 Å². The average Bonchev–Trinajstić information content (AvgIpc) is 2.76. The molecule has 1 heterocycles. The summed E-state index contributed by atoms with van der Waals surface area (Å²) in [6.45, 7) is 2.84. The van der Waals surface area contributed by atoms with E-state index in [1.165, 1.54) is 20.0 Å². The largest absolute Gasteiger partial charge is 0.490 e. The predicted octanol–water partition coefficient (Wildman–Crippen LogP) is 2.60. The number of hydrogen-bond acceptors (Lipinski definition) is 5. The van der Waals surface area contributed by atoms with Gasteiger partial charge in [-0.05, 0) is 51.0 Å². The lowest BCUT2D eigenvalue weighted by Gasteiger charge is -2.26. The van der Waals surface area contributed by atoms with Gasteiger partial charge in [-0.15, -0.1) is 12.4 Å². The highest BCUT2D eigenvalue weighted by molar-refractivity contribution is 5.85. The van der Waals surface area contributed by atoms with E-state index in [0.717, 1.165) is 31.6 Å². The molecule has 1 aliphatic rings. The summed E-state index contributed by atoms with van der Waals surface area (Å²) in [5, 5.41) is 14.5. The van der Waals surface area contributed by atoms with Gasteiger partial charge in [-0.25, -0.2) is 0 Å². The topological polar surface area (TPSA) is 67.6 Å². The van der Waals surface area contributed by atoms with E-state index in [-0.39, 0.29) is 18.1 Å². The van der Waals surface area contributed by atoms with Crippen LogP contribution in [0.3, 0.4) is 0 Å². The van der Waals surface area contributed by atoms with Crippen LogP contribution in [0, 0.1) is 10.1 Å². The quantitative estimate of drug-likeness (QED) is 0.664. The first-order valence-electron chi connectivity index (χ1n) is 7.34. The lowest BCUT2D eigenvalue weighted by Crippen LogP contribution is -2.32. The molecule has 0 spiro atoms. The Morgan fingerprint density at radius 3 is 2.86 bits per heavy atom. The zero-order valence-electron chi connectivity index (χ0n) is 13.1. The first-order chi connectivity index (χ1) is 10.1. The summed E-state index contributed by atoms with van der Waals surface area (Å²) in [7, 11) is 3.54. The highest BCUT2D eigenvalue weighted by Crippen LogP contribution is 2.28. The molecule has 0 aromatic heterocycles. The van der Waals surface area contributed by atoms with E-state index >= 15 is 0 Å². The van der Waals surface area contributed by atoms with Crippen LogP contribution >= 0.6 is 12.4 Å². The summed E-state index contributed by atoms with van der Waals surface area (Å²) in [6, 6.07) is 5.72. The fraction of sp³-hybridized carbons (Fsp3) is 0.600. The average molecular weight is 330 g/mol. The van der Waals surface area contributed by atoms with Crippen LogP contribution < -0.4 is 10.1 Å². The molecule has 2 rings (SSSR count). The second-order valence-corrected chi connectivity index (χ2v) is 5.51. The molecule has 6 nitrogen and oxygen atoms in total. The minimum absolute atomic E-state index is 0. The van der Waals surface area contributed by atoms with E-state index in [1.807, 2.05) is 6.07 Å². The Bertz CT molecular complexity index is 491. The van der Waals surface area contributed by atoms with E-state index in [2.05, 4.69) is 17.3 Å². The van der Waals surface area contributed by atoms with Crippen molar-refractivity contribution in [1.82, 2.24) is 10.2 Å². The maximum Gasteiger partial charge on any atom is 0.311 e. The molecule has 22 heavy (non-hydrogen) atoms. The van der Waals surface area contributed by atoms with Crippen LogP contribution in [0.1, 0.15) is 24.8 Å². The van der Waals surface area contributed by atoms with Crippen molar-refractivity contribution < 1.29 is 9.66 Å². The van der Waals surface area contributed by atoms with E-state index in [9.17, 15) is 10.1 Å². The monoisotopic (exact) mass is 329 g/mol. The molecule has 0 bridgehead atoms. The Labute approximate surface area is 137 Å². The summed E-state index contributed by atoms with van der Waals surface area (Å²) in [5.41, 5.74) is 0.980. The number of rotatable bonds is 5. The molecule has 0 radical (unpaired) electrons. The zero-order chi connectivity index (χ0) is 15.2. The highest BCUT2D eigenvalue weighted by Gasteiger charge is 2.19. The number of nitrogens with zero attached hydrogens (tertiary/aromatic N) is 2. The summed E-state index contributed by atoms with van der Waals surface area (Å²) >= 11 is 0. The fourth-order valence-corrected chi connectivity index (χ4v) is 2.84. The minimum Gasteiger partial charge on any atom is -0.490 e. The van der Waals surface area contributed by atoms with Crippen LogP contribution in [-0.2, 0) is 6.54 Å². The highest BCUT2D eigenvalue weighted by atomic mass is 35.5. The van der Waals surface area contributed by atoms with Crippen molar-refractivity contribution in [3.63, 3.8) is 0 Å². The van der Waals surface area contributed by atoms with Gasteiger partial charge in [0, 0.05) is 18.7 Å². The van der Waals surface area contributed by atoms with Gasteiger partial charge in [-0.2, -0.15) is 0 Å². The van der Waals surface area contributed by atoms with Gasteiger partial charge in [0.25, 0.3) is 0 Å². The number of halogens is 1. The van der Waals surface area contributed by atoms with Gasteiger partial charge < -0.3 is 10.1 Å². The van der Waals surface area contributed by atoms with Crippen LogP contribution in [-0.4, -0.2) is 43.1 Å². The molecule has 0 aliphatic carbocycles. The molecule has 1 fully saturated rings. The molecular weight excluding hydrogens is 306 g/mol. The molecule has 1 aromatic carbocycles. The van der Waals surface area contributed by atoms with Crippen LogP contribution in [0.15, 0.2) is 18.2 Å². The van der Waals surface area contributed by atoms with Crippen molar-refractivity contribution in [3.05, 3.63) is 33.9 Å². The van der Waals surface area contributed by atoms with Crippen LogP contribution in [0.2, 0.25) is 0 Å². The normalized spacial score (nSPS) is 18.4. The van der Waals surface area contributed by atoms with Gasteiger partial charge in [0.05, 0.1) is 12.0 Å². The lowest BCUT2D eigenvalue weighted by molar-refractivity contribution is -0.385. The molecule has 1 N–H and O–H groups in total. The molecule has 0 saturated carbocycles. The number of methoxy groups -OCH3 is 1. The van der Waals surface area contributed by atoms with Crippen molar-refractivity contribution in [2.75, 3.05) is 27.2 Å². The lowest BCUT2D eigenvalue weighted by atomic mass is 10.1. The number of hydrogen-bond donors (Lipinski definition) is 1. The van der Waals surface area contributed by atoms with Gasteiger partial charge in [-0.1, -0.05) is 6.07 Å². The van der Waals surface area contributed by atoms with E-state index < -0.39 is 4.92 Å². The Morgan fingerprint density at radius 1 is 1.41 bits per heavy atom. The summed E-state index contributed by atoms with van der Waals surface area (Å²) in [6.07, 6.45) is 3.47. The Hall–Kier alpha value is -1.37. The molecule has 0 amide bonds. The smallest absolute Gasteiger partial charge is 0.311 e. The third-order valence-corrected chi connectivity index (χ3v) is 4.04. The van der Waals surface area contributed by atoms with Crippen molar-refractivity contribution in [2.45, 2.75) is 31.8 Å². The van der Waals surface area contributed by atoms with Gasteiger partial charge in [0.1, 0.15) is 0 Å². The molecule has 1 saturated heterocycles. The first-order valence-corrected chi connectivity index (χ1v) is 7.34. The third-order valence-electron chi connectivity index (χ3n) is 4.04. The summed E-state index contributed by atoms with van der Waals surface area (Å²) < 4.78 is 5.04. The Balaban J connectivity index is 0.00000242. The van der Waals surface area contributed by atoms with Crippen molar-refractivity contribution in [3.8, 4) is 5.75 Å². The van der Waals surface area contributed by atoms with Crippen LogP contribution in [0.5, 0.6) is 5.75 Å². The molecule has 1 atom stereocenters. The standard InChI is InChI=1S/C15H23N3O3.ClH/c1-17(13-4-3-8-16-9-7-13)11-12-5-6-15(21-2)14(10-12)18(19)20;/h5-6,10,13,16H,3-4,7-9,11H2,1-2H3;1H. The van der Waals surface area contributed by atoms with Gasteiger partial charge in [-0.3, -0.25) is 15.0 Å². The SMILES string of the molecule is COc1ccc(CN(C)C2CCCNCC2)cc1[N+](=O)[O-].Cl. The van der Waals surface area contributed by atoms with E-state index in [0.29, 0.717) is 11.8 Å². The number of benzene rings is 1. The second kappa shape index (κ2) is 8.92.